The summed E-state index contributed by atoms with van der Waals surface area (Å²) >= 11 is 1.57. The Balaban J connectivity index is 2.16. The maximum absolute atomic E-state index is 6.02. The average molecular weight is 258 g/mol. The molecule has 92 valence electrons. The molecule has 1 aromatic carbocycles. The Labute approximate surface area is 109 Å². The standard InChI is InChI=1S/C14H14N2OS/c1-3-9-4-5-11-10(6-9)16-14(17-11)13-12(15)8(2)7-18-13/h4-7H,3,15H2,1-2H3. The van der Waals surface area contributed by atoms with Gasteiger partial charge < -0.3 is 10.2 Å². The molecule has 3 aromatic rings. The van der Waals surface area contributed by atoms with Gasteiger partial charge in [-0.05, 0) is 42.0 Å². The van der Waals surface area contributed by atoms with Gasteiger partial charge in [0.25, 0.3) is 0 Å². The van der Waals surface area contributed by atoms with Crippen molar-refractivity contribution < 1.29 is 4.42 Å². The van der Waals surface area contributed by atoms with Crippen LogP contribution in [0.4, 0.5) is 5.69 Å². The summed E-state index contributed by atoms with van der Waals surface area (Å²) in [7, 11) is 0. The molecule has 0 unspecified atom stereocenters. The van der Waals surface area contributed by atoms with Crippen LogP contribution < -0.4 is 5.73 Å². The van der Waals surface area contributed by atoms with E-state index in [4.69, 9.17) is 10.2 Å². The van der Waals surface area contributed by atoms with Crippen LogP contribution in [0.25, 0.3) is 21.9 Å². The third kappa shape index (κ3) is 1.69. The number of nitrogens with two attached hydrogens (primary N) is 1. The number of anilines is 1. The molecule has 4 heteroatoms. The van der Waals surface area contributed by atoms with Crippen molar-refractivity contribution in [1.82, 2.24) is 4.98 Å². The van der Waals surface area contributed by atoms with Gasteiger partial charge in [0, 0.05) is 0 Å². The lowest BCUT2D eigenvalue weighted by atomic mass is 10.1. The van der Waals surface area contributed by atoms with E-state index in [-0.39, 0.29) is 0 Å². The molecule has 2 aromatic heterocycles. The van der Waals surface area contributed by atoms with Crippen molar-refractivity contribution in [2.45, 2.75) is 20.3 Å². The first kappa shape index (κ1) is 11.3. The van der Waals surface area contributed by atoms with Gasteiger partial charge in [0.1, 0.15) is 10.4 Å². The van der Waals surface area contributed by atoms with E-state index in [2.05, 4.69) is 24.0 Å². The van der Waals surface area contributed by atoms with Crippen molar-refractivity contribution in [1.29, 1.82) is 0 Å². The second-order valence-corrected chi connectivity index (χ2v) is 5.22. The highest BCUT2D eigenvalue weighted by Gasteiger charge is 2.14. The zero-order valence-electron chi connectivity index (χ0n) is 10.4. The molecule has 18 heavy (non-hydrogen) atoms. The van der Waals surface area contributed by atoms with E-state index in [0.717, 1.165) is 33.6 Å². The first-order valence-corrected chi connectivity index (χ1v) is 6.80. The Morgan fingerprint density at radius 3 is 2.89 bits per heavy atom. The SMILES string of the molecule is CCc1ccc2oc(-c3scc(C)c3N)nc2c1. The fraction of sp³-hybridized carbons (Fsp3) is 0.214. The zero-order chi connectivity index (χ0) is 12.7. The Morgan fingerprint density at radius 1 is 1.39 bits per heavy atom. The number of hydrogen-bond donors (Lipinski definition) is 1. The van der Waals surface area contributed by atoms with Crippen LogP contribution in [-0.4, -0.2) is 4.98 Å². The molecular weight excluding hydrogens is 244 g/mol. The Bertz CT molecular complexity index is 712. The molecule has 0 amide bonds. The number of rotatable bonds is 2. The van der Waals surface area contributed by atoms with Crippen LogP contribution >= 0.6 is 11.3 Å². The minimum atomic E-state index is 0.619. The van der Waals surface area contributed by atoms with Crippen LogP contribution in [0.5, 0.6) is 0 Å². The van der Waals surface area contributed by atoms with Gasteiger partial charge in [-0.3, -0.25) is 0 Å². The van der Waals surface area contributed by atoms with E-state index < -0.39 is 0 Å². The monoisotopic (exact) mass is 258 g/mol. The number of fused-ring (bicyclic) bond motifs is 1. The molecule has 0 aliphatic carbocycles. The van der Waals surface area contributed by atoms with Crippen molar-refractivity contribution in [3.8, 4) is 10.8 Å². The Hall–Kier alpha value is -1.81. The zero-order valence-corrected chi connectivity index (χ0v) is 11.2. The Kier molecular flexibility index (Phi) is 2.59. The number of oxazole rings is 1. The van der Waals surface area contributed by atoms with Gasteiger partial charge in [-0.15, -0.1) is 11.3 Å². The van der Waals surface area contributed by atoms with Gasteiger partial charge in [0.2, 0.25) is 5.89 Å². The molecule has 0 radical (unpaired) electrons. The van der Waals surface area contributed by atoms with Gasteiger partial charge in [0.15, 0.2) is 5.58 Å². The van der Waals surface area contributed by atoms with Crippen molar-refractivity contribution in [2.75, 3.05) is 5.73 Å². The average Bonchev–Trinajstić information content (AvgIpc) is 2.93. The molecular formula is C14H14N2OS. The second kappa shape index (κ2) is 4.14. The number of thiophene rings is 1. The van der Waals surface area contributed by atoms with E-state index in [0.29, 0.717) is 5.89 Å². The maximum atomic E-state index is 6.02. The van der Waals surface area contributed by atoms with Crippen molar-refractivity contribution in [2.24, 2.45) is 0 Å². The fourth-order valence-corrected chi connectivity index (χ4v) is 2.81. The predicted octanol–water partition coefficient (Wildman–Crippen LogP) is 4.01. The van der Waals surface area contributed by atoms with Crippen molar-refractivity contribution >= 4 is 28.1 Å². The molecule has 2 heterocycles. The first-order valence-electron chi connectivity index (χ1n) is 5.92. The highest BCUT2D eigenvalue weighted by molar-refractivity contribution is 7.14. The smallest absolute Gasteiger partial charge is 0.239 e. The molecule has 0 aliphatic rings. The quantitative estimate of drug-likeness (QED) is 0.755. The van der Waals surface area contributed by atoms with E-state index in [9.17, 15) is 0 Å². The summed E-state index contributed by atoms with van der Waals surface area (Å²) in [6, 6.07) is 6.11. The minimum Gasteiger partial charge on any atom is -0.435 e. The fourth-order valence-electron chi connectivity index (χ4n) is 1.91. The molecule has 0 saturated heterocycles. The van der Waals surface area contributed by atoms with E-state index >= 15 is 0 Å². The Morgan fingerprint density at radius 2 is 2.22 bits per heavy atom. The largest absolute Gasteiger partial charge is 0.435 e. The van der Waals surface area contributed by atoms with Crippen LogP contribution in [-0.2, 0) is 6.42 Å². The van der Waals surface area contributed by atoms with Gasteiger partial charge in [-0.25, -0.2) is 4.98 Å². The lowest BCUT2D eigenvalue weighted by Gasteiger charge is -1.93. The maximum Gasteiger partial charge on any atom is 0.239 e. The van der Waals surface area contributed by atoms with Crippen LogP contribution in [0.3, 0.4) is 0 Å². The second-order valence-electron chi connectivity index (χ2n) is 4.34. The first-order chi connectivity index (χ1) is 8.69. The number of aromatic nitrogens is 1. The van der Waals surface area contributed by atoms with Crippen LogP contribution in [0.15, 0.2) is 28.0 Å². The summed E-state index contributed by atoms with van der Waals surface area (Å²) in [4.78, 5) is 5.45. The highest BCUT2D eigenvalue weighted by atomic mass is 32.1. The molecule has 0 saturated carbocycles. The van der Waals surface area contributed by atoms with E-state index in [1.54, 1.807) is 11.3 Å². The summed E-state index contributed by atoms with van der Waals surface area (Å²) in [6.07, 6.45) is 0.998. The third-order valence-electron chi connectivity index (χ3n) is 3.08. The van der Waals surface area contributed by atoms with Crippen LogP contribution in [0.2, 0.25) is 0 Å². The van der Waals surface area contributed by atoms with Gasteiger partial charge >= 0.3 is 0 Å². The van der Waals surface area contributed by atoms with Gasteiger partial charge in [0.05, 0.1) is 5.69 Å². The lowest BCUT2D eigenvalue weighted by molar-refractivity contribution is 0.622. The summed E-state index contributed by atoms with van der Waals surface area (Å²) < 4.78 is 5.77. The number of nitrogen functional groups attached to an aromatic ring is 1. The van der Waals surface area contributed by atoms with Gasteiger partial charge in [-0.1, -0.05) is 13.0 Å². The third-order valence-corrected chi connectivity index (χ3v) is 4.18. The van der Waals surface area contributed by atoms with Crippen molar-refractivity contribution in [3.05, 3.63) is 34.7 Å². The number of aryl methyl sites for hydroxylation is 2. The molecule has 0 bridgehead atoms. The number of nitrogens with zero attached hydrogens (tertiary/aromatic N) is 1. The molecule has 2 N–H and O–H groups in total. The number of hydrogen-bond acceptors (Lipinski definition) is 4. The summed E-state index contributed by atoms with van der Waals surface area (Å²) in [5.74, 6) is 0.619. The minimum absolute atomic E-state index is 0.619. The van der Waals surface area contributed by atoms with Gasteiger partial charge in [-0.2, -0.15) is 0 Å². The molecule has 0 aliphatic heterocycles. The highest BCUT2D eigenvalue weighted by Crippen LogP contribution is 2.35. The normalized spacial score (nSPS) is 11.2. The lowest BCUT2D eigenvalue weighted by Crippen LogP contribution is -1.86. The summed E-state index contributed by atoms with van der Waals surface area (Å²) in [6.45, 7) is 4.12. The van der Waals surface area contributed by atoms with E-state index in [1.807, 2.05) is 18.4 Å². The van der Waals surface area contributed by atoms with Crippen LogP contribution in [0, 0.1) is 6.92 Å². The molecule has 0 spiro atoms. The topological polar surface area (TPSA) is 52.0 Å². The van der Waals surface area contributed by atoms with E-state index in [1.165, 1.54) is 5.56 Å². The van der Waals surface area contributed by atoms with Crippen molar-refractivity contribution in [3.63, 3.8) is 0 Å². The molecule has 0 fully saturated rings. The molecule has 3 nitrogen and oxygen atoms in total. The van der Waals surface area contributed by atoms with Crippen LogP contribution in [0.1, 0.15) is 18.1 Å². The summed E-state index contributed by atoms with van der Waals surface area (Å²) in [5, 5.41) is 2.02. The summed E-state index contributed by atoms with van der Waals surface area (Å²) in [5.41, 5.74) is 10.8. The predicted molar refractivity (Wildman–Crippen MR) is 75.8 cm³/mol. The number of benzene rings is 1. The molecule has 3 rings (SSSR count). The molecule has 0 atom stereocenters.